The summed E-state index contributed by atoms with van der Waals surface area (Å²) in [6.45, 7) is 5.03. The fourth-order valence-electron chi connectivity index (χ4n) is 2.90. The van der Waals surface area contributed by atoms with Crippen LogP contribution in [-0.2, 0) is 6.42 Å². The predicted molar refractivity (Wildman–Crippen MR) is 104 cm³/mol. The van der Waals surface area contributed by atoms with Crippen LogP contribution in [0.15, 0.2) is 36.4 Å². The van der Waals surface area contributed by atoms with Crippen molar-refractivity contribution in [2.75, 3.05) is 6.61 Å². The third-order valence-corrected chi connectivity index (χ3v) is 4.44. The van der Waals surface area contributed by atoms with Gasteiger partial charge in [-0.05, 0) is 49.1 Å². The fraction of sp³-hybridized carbons (Fsp3) is 0.429. The molecule has 0 radical (unpaired) electrons. The molecule has 0 fully saturated rings. The number of ether oxygens (including phenoxy) is 1. The number of rotatable bonds is 9. The first-order valence-corrected chi connectivity index (χ1v) is 9.53. The Balaban J connectivity index is 1.79. The van der Waals surface area contributed by atoms with Crippen molar-refractivity contribution in [3.63, 3.8) is 0 Å². The van der Waals surface area contributed by atoms with Crippen molar-refractivity contribution in [3.8, 4) is 17.2 Å². The minimum Gasteiger partial charge on any atom is -0.506 e. The SMILES string of the molecule is CCCCCc1ccc(-n2nc3ccc(OCCCC)cc3n2)c(O)c1. The summed E-state index contributed by atoms with van der Waals surface area (Å²) in [4.78, 5) is 1.49. The Kier molecular flexibility index (Phi) is 6.10. The van der Waals surface area contributed by atoms with Crippen molar-refractivity contribution in [1.29, 1.82) is 0 Å². The van der Waals surface area contributed by atoms with Crippen LogP contribution in [0.3, 0.4) is 0 Å². The molecule has 138 valence electrons. The van der Waals surface area contributed by atoms with Gasteiger partial charge >= 0.3 is 0 Å². The summed E-state index contributed by atoms with van der Waals surface area (Å²) in [5, 5.41) is 19.4. The van der Waals surface area contributed by atoms with Crippen molar-refractivity contribution in [3.05, 3.63) is 42.0 Å². The molecule has 1 N–H and O–H groups in total. The lowest BCUT2D eigenvalue weighted by Crippen LogP contribution is -1.99. The zero-order valence-corrected chi connectivity index (χ0v) is 15.6. The number of aryl methyl sites for hydroxylation is 1. The van der Waals surface area contributed by atoms with Crippen LogP contribution in [-0.4, -0.2) is 26.7 Å². The van der Waals surface area contributed by atoms with Crippen LogP contribution in [0.25, 0.3) is 16.7 Å². The van der Waals surface area contributed by atoms with Crippen LogP contribution >= 0.6 is 0 Å². The Hall–Kier alpha value is -2.56. The van der Waals surface area contributed by atoms with E-state index in [9.17, 15) is 5.11 Å². The van der Waals surface area contributed by atoms with Crippen molar-refractivity contribution >= 4 is 11.0 Å². The number of fused-ring (bicyclic) bond motifs is 1. The van der Waals surface area contributed by atoms with Crippen LogP contribution in [0.5, 0.6) is 11.5 Å². The van der Waals surface area contributed by atoms with E-state index < -0.39 is 0 Å². The van der Waals surface area contributed by atoms with Gasteiger partial charge < -0.3 is 9.84 Å². The lowest BCUT2D eigenvalue weighted by atomic mass is 10.1. The number of hydrogen-bond donors (Lipinski definition) is 1. The second-order valence-corrected chi connectivity index (χ2v) is 6.62. The van der Waals surface area contributed by atoms with Crippen LogP contribution in [0.4, 0.5) is 0 Å². The molecular weight excluding hydrogens is 326 g/mol. The number of benzene rings is 2. The standard InChI is InChI=1S/C21H27N3O2/c1-3-5-7-8-16-9-12-20(21(25)14-16)24-22-18-11-10-17(15-19(18)23-24)26-13-6-4-2/h9-12,14-15,25H,3-8,13H2,1-2H3. The van der Waals surface area contributed by atoms with Gasteiger partial charge in [-0.1, -0.05) is 39.2 Å². The second kappa shape index (κ2) is 8.70. The number of aromatic hydroxyl groups is 1. The van der Waals surface area contributed by atoms with E-state index in [1.165, 1.54) is 17.6 Å². The van der Waals surface area contributed by atoms with E-state index in [1.807, 2.05) is 36.4 Å². The number of phenolic OH excluding ortho intramolecular Hbond substituents is 1. The van der Waals surface area contributed by atoms with Gasteiger partial charge in [0.05, 0.1) is 6.61 Å². The summed E-state index contributed by atoms with van der Waals surface area (Å²) in [7, 11) is 0. The normalized spacial score (nSPS) is 11.2. The minimum absolute atomic E-state index is 0.207. The second-order valence-electron chi connectivity index (χ2n) is 6.62. The van der Waals surface area contributed by atoms with Crippen molar-refractivity contribution in [2.24, 2.45) is 0 Å². The largest absolute Gasteiger partial charge is 0.506 e. The van der Waals surface area contributed by atoms with E-state index in [1.54, 1.807) is 0 Å². The van der Waals surface area contributed by atoms with Crippen LogP contribution < -0.4 is 4.74 Å². The Bertz CT molecular complexity index is 858. The zero-order valence-electron chi connectivity index (χ0n) is 15.6. The van der Waals surface area contributed by atoms with Gasteiger partial charge in [0, 0.05) is 6.07 Å². The highest BCUT2D eigenvalue weighted by Gasteiger charge is 2.10. The Morgan fingerprint density at radius 1 is 0.923 bits per heavy atom. The first kappa shape index (κ1) is 18.2. The molecule has 0 saturated heterocycles. The molecule has 0 aliphatic carbocycles. The van der Waals surface area contributed by atoms with E-state index in [0.717, 1.165) is 48.0 Å². The van der Waals surface area contributed by atoms with Gasteiger partial charge in [0.15, 0.2) is 0 Å². The smallest absolute Gasteiger partial charge is 0.143 e. The van der Waals surface area contributed by atoms with Gasteiger partial charge in [-0.3, -0.25) is 0 Å². The summed E-state index contributed by atoms with van der Waals surface area (Å²) in [5.41, 5.74) is 3.27. The van der Waals surface area contributed by atoms with E-state index in [-0.39, 0.29) is 5.75 Å². The number of aromatic nitrogens is 3. The fourth-order valence-corrected chi connectivity index (χ4v) is 2.90. The van der Waals surface area contributed by atoms with Gasteiger partial charge in [-0.2, -0.15) is 0 Å². The van der Waals surface area contributed by atoms with Crippen LogP contribution in [0.1, 0.15) is 51.5 Å². The molecule has 0 spiro atoms. The van der Waals surface area contributed by atoms with E-state index in [4.69, 9.17) is 4.74 Å². The Morgan fingerprint density at radius 2 is 1.73 bits per heavy atom. The molecule has 1 aromatic heterocycles. The summed E-state index contributed by atoms with van der Waals surface area (Å²) >= 11 is 0. The molecule has 0 saturated carbocycles. The van der Waals surface area contributed by atoms with Gasteiger partial charge in [0.2, 0.25) is 0 Å². The zero-order chi connectivity index (χ0) is 18.4. The average molecular weight is 353 g/mol. The molecule has 0 amide bonds. The van der Waals surface area contributed by atoms with Gasteiger partial charge in [-0.25, -0.2) is 0 Å². The molecule has 0 atom stereocenters. The molecule has 0 aliphatic rings. The molecular formula is C21H27N3O2. The number of unbranched alkanes of at least 4 members (excludes halogenated alkanes) is 3. The highest BCUT2D eigenvalue weighted by atomic mass is 16.5. The molecule has 3 rings (SSSR count). The van der Waals surface area contributed by atoms with Gasteiger partial charge in [-0.15, -0.1) is 15.0 Å². The summed E-state index contributed by atoms with van der Waals surface area (Å²) in [6, 6.07) is 11.4. The molecule has 3 aromatic rings. The number of phenols is 1. The highest BCUT2D eigenvalue weighted by molar-refractivity contribution is 5.75. The molecule has 0 unspecified atom stereocenters. The number of hydrogen-bond acceptors (Lipinski definition) is 4. The first-order valence-electron chi connectivity index (χ1n) is 9.53. The van der Waals surface area contributed by atoms with Gasteiger partial charge in [0.25, 0.3) is 0 Å². The van der Waals surface area contributed by atoms with Crippen LogP contribution in [0.2, 0.25) is 0 Å². The molecule has 1 heterocycles. The van der Waals surface area contributed by atoms with Crippen molar-refractivity contribution in [2.45, 2.75) is 52.4 Å². The molecule has 5 nitrogen and oxygen atoms in total. The third-order valence-electron chi connectivity index (χ3n) is 4.44. The number of nitrogens with zero attached hydrogens (tertiary/aromatic N) is 3. The maximum Gasteiger partial charge on any atom is 0.143 e. The molecule has 2 aromatic carbocycles. The average Bonchev–Trinajstić information content (AvgIpc) is 3.05. The minimum atomic E-state index is 0.207. The quantitative estimate of drug-likeness (QED) is 0.548. The van der Waals surface area contributed by atoms with E-state index >= 15 is 0 Å². The lowest BCUT2D eigenvalue weighted by Gasteiger charge is -2.06. The summed E-state index contributed by atoms with van der Waals surface area (Å²) in [5.74, 6) is 1.01. The highest BCUT2D eigenvalue weighted by Crippen LogP contribution is 2.25. The predicted octanol–water partition coefficient (Wildman–Crippen LogP) is 5.04. The molecule has 0 aliphatic heterocycles. The monoisotopic (exact) mass is 353 g/mol. The first-order chi connectivity index (χ1) is 12.7. The third kappa shape index (κ3) is 4.34. The molecule has 0 bridgehead atoms. The topological polar surface area (TPSA) is 60.2 Å². The molecule has 5 heteroatoms. The summed E-state index contributed by atoms with van der Waals surface area (Å²) < 4.78 is 5.73. The molecule has 26 heavy (non-hydrogen) atoms. The maximum absolute atomic E-state index is 10.4. The van der Waals surface area contributed by atoms with Crippen LogP contribution in [0, 0.1) is 0 Å². The maximum atomic E-state index is 10.4. The van der Waals surface area contributed by atoms with E-state index in [0.29, 0.717) is 12.3 Å². The Morgan fingerprint density at radius 3 is 2.50 bits per heavy atom. The van der Waals surface area contributed by atoms with Crippen molar-refractivity contribution < 1.29 is 9.84 Å². The Labute approximate surface area is 154 Å². The lowest BCUT2D eigenvalue weighted by molar-refractivity contribution is 0.310. The van der Waals surface area contributed by atoms with Crippen molar-refractivity contribution in [1.82, 2.24) is 15.0 Å². The summed E-state index contributed by atoms with van der Waals surface area (Å²) in [6.07, 6.45) is 6.65. The van der Waals surface area contributed by atoms with Gasteiger partial charge in [0.1, 0.15) is 28.2 Å². The van der Waals surface area contributed by atoms with E-state index in [2.05, 4.69) is 24.0 Å².